The molecule has 0 fully saturated rings. The molecule has 19 heavy (non-hydrogen) atoms. The van der Waals surface area contributed by atoms with E-state index >= 15 is 0 Å². The van der Waals surface area contributed by atoms with Gasteiger partial charge in [-0.1, -0.05) is 12.1 Å². The Morgan fingerprint density at radius 1 is 1.16 bits per heavy atom. The van der Waals surface area contributed by atoms with Crippen LogP contribution in [-0.4, -0.2) is 26.1 Å². The van der Waals surface area contributed by atoms with E-state index in [0.29, 0.717) is 6.54 Å². The van der Waals surface area contributed by atoms with Crippen molar-refractivity contribution in [2.75, 3.05) is 14.2 Å². The lowest BCUT2D eigenvalue weighted by Gasteiger charge is -2.11. The summed E-state index contributed by atoms with van der Waals surface area (Å²) in [4.78, 5) is 22.4. The smallest absolute Gasteiger partial charge is 0.315 e. The van der Waals surface area contributed by atoms with Gasteiger partial charge in [-0.25, -0.2) is 0 Å². The quantitative estimate of drug-likeness (QED) is 0.647. The van der Waals surface area contributed by atoms with Crippen LogP contribution in [0.4, 0.5) is 0 Å². The molecule has 1 aromatic carbocycles. The van der Waals surface area contributed by atoms with Crippen LogP contribution in [0.3, 0.4) is 0 Å². The third kappa shape index (κ3) is 4.28. The van der Waals surface area contributed by atoms with Gasteiger partial charge in [0.15, 0.2) is 0 Å². The SMILES string of the molecule is COC(=O)CC(=O)NCc1cc(C)c(OC)c(C)c1. The molecular weight excluding hydrogens is 246 g/mol. The summed E-state index contributed by atoms with van der Waals surface area (Å²) in [5.74, 6) is -0.0396. The van der Waals surface area contributed by atoms with Gasteiger partial charge in [-0.15, -0.1) is 0 Å². The number of carbonyl (C=O) groups excluding carboxylic acids is 2. The lowest BCUT2D eigenvalue weighted by atomic mass is 10.1. The zero-order valence-electron chi connectivity index (χ0n) is 11.7. The number of benzene rings is 1. The Balaban J connectivity index is 2.64. The lowest BCUT2D eigenvalue weighted by Crippen LogP contribution is -2.25. The topological polar surface area (TPSA) is 64.6 Å². The fourth-order valence-electron chi connectivity index (χ4n) is 1.93. The Morgan fingerprint density at radius 2 is 1.74 bits per heavy atom. The minimum absolute atomic E-state index is 0.259. The summed E-state index contributed by atoms with van der Waals surface area (Å²) >= 11 is 0. The fraction of sp³-hybridized carbons (Fsp3) is 0.429. The minimum atomic E-state index is -0.542. The van der Waals surface area contributed by atoms with Gasteiger partial charge in [0.25, 0.3) is 0 Å². The molecule has 0 heterocycles. The number of methoxy groups -OCH3 is 2. The number of rotatable bonds is 5. The summed E-state index contributed by atoms with van der Waals surface area (Å²) in [5.41, 5.74) is 2.99. The van der Waals surface area contributed by atoms with Gasteiger partial charge in [-0.3, -0.25) is 9.59 Å². The lowest BCUT2D eigenvalue weighted by molar-refractivity contribution is -0.143. The molecule has 0 saturated carbocycles. The molecule has 0 spiro atoms. The maximum Gasteiger partial charge on any atom is 0.315 e. The molecule has 0 unspecified atom stereocenters. The van der Waals surface area contributed by atoms with E-state index in [1.807, 2.05) is 26.0 Å². The average Bonchev–Trinajstić information content (AvgIpc) is 2.36. The zero-order chi connectivity index (χ0) is 14.4. The normalized spacial score (nSPS) is 9.89. The second-order valence-electron chi connectivity index (χ2n) is 4.29. The molecule has 1 aromatic rings. The third-order valence-corrected chi connectivity index (χ3v) is 2.75. The van der Waals surface area contributed by atoms with Crippen LogP contribution in [0.15, 0.2) is 12.1 Å². The second kappa shape index (κ2) is 6.78. The second-order valence-corrected chi connectivity index (χ2v) is 4.29. The maximum absolute atomic E-state index is 11.4. The summed E-state index contributed by atoms with van der Waals surface area (Å²) in [6, 6.07) is 3.90. The molecule has 0 aliphatic carbocycles. The summed E-state index contributed by atoms with van der Waals surface area (Å²) in [6.45, 7) is 4.28. The Morgan fingerprint density at radius 3 is 2.21 bits per heavy atom. The molecule has 0 aliphatic heterocycles. The van der Waals surface area contributed by atoms with E-state index < -0.39 is 5.97 Å². The van der Waals surface area contributed by atoms with Gasteiger partial charge in [-0.05, 0) is 30.5 Å². The number of carbonyl (C=O) groups is 2. The molecule has 5 nitrogen and oxygen atoms in total. The van der Waals surface area contributed by atoms with E-state index in [4.69, 9.17) is 4.74 Å². The van der Waals surface area contributed by atoms with Gasteiger partial charge in [0.2, 0.25) is 5.91 Å². The number of hydrogen-bond acceptors (Lipinski definition) is 4. The molecule has 0 aliphatic rings. The summed E-state index contributed by atoms with van der Waals surface area (Å²) in [5, 5.41) is 2.68. The standard InChI is InChI=1S/C14H19NO4/c1-9-5-11(6-10(2)14(9)19-4)8-15-12(16)7-13(17)18-3/h5-6H,7-8H2,1-4H3,(H,15,16). The monoisotopic (exact) mass is 265 g/mol. The highest BCUT2D eigenvalue weighted by Crippen LogP contribution is 2.24. The Hall–Kier alpha value is -2.04. The van der Waals surface area contributed by atoms with Crippen LogP contribution in [0.5, 0.6) is 5.75 Å². The molecule has 0 saturated heterocycles. The fourth-order valence-corrected chi connectivity index (χ4v) is 1.93. The first-order valence-electron chi connectivity index (χ1n) is 5.95. The molecular formula is C14H19NO4. The van der Waals surface area contributed by atoms with Gasteiger partial charge in [0.05, 0.1) is 14.2 Å². The Bertz CT molecular complexity index is 459. The Kier molecular flexibility index (Phi) is 5.36. The summed E-state index contributed by atoms with van der Waals surface area (Å²) < 4.78 is 9.70. The van der Waals surface area contributed by atoms with Crippen molar-refractivity contribution in [1.29, 1.82) is 0 Å². The van der Waals surface area contributed by atoms with Crippen LogP contribution in [-0.2, 0) is 20.9 Å². The number of ether oxygens (including phenoxy) is 2. The first kappa shape index (κ1) is 15.0. The van der Waals surface area contributed by atoms with Crippen molar-refractivity contribution in [3.05, 3.63) is 28.8 Å². The predicted molar refractivity (Wildman–Crippen MR) is 70.9 cm³/mol. The van der Waals surface area contributed by atoms with Crippen molar-refractivity contribution in [2.45, 2.75) is 26.8 Å². The molecule has 1 N–H and O–H groups in total. The molecule has 0 atom stereocenters. The van der Waals surface area contributed by atoms with Crippen LogP contribution in [0.25, 0.3) is 0 Å². The summed E-state index contributed by atoms with van der Waals surface area (Å²) in [7, 11) is 2.89. The van der Waals surface area contributed by atoms with Crippen molar-refractivity contribution in [1.82, 2.24) is 5.32 Å². The van der Waals surface area contributed by atoms with E-state index in [1.54, 1.807) is 7.11 Å². The highest BCUT2D eigenvalue weighted by molar-refractivity contribution is 5.94. The van der Waals surface area contributed by atoms with Crippen LogP contribution >= 0.6 is 0 Å². The van der Waals surface area contributed by atoms with E-state index in [9.17, 15) is 9.59 Å². The first-order chi connectivity index (χ1) is 8.97. The van der Waals surface area contributed by atoms with E-state index in [1.165, 1.54) is 7.11 Å². The number of esters is 1. The first-order valence-corrected chi connectivity index (χ1v) is 5.95. The van der Waals surface area contributed by atoms with E-state index in [-0.39, 0.29) is 12.3 Å². The van der Waals surface area contributed by atoms with Crippen LogP contribution < -0.4 is 10.1 Å². The molecule has 5 heteroatoms. The van der Waals surface area contributed by atoms with Gasteiger partial charge < -0.3 is 14.8 Å². The van der Waals surface area contributed by atoms with Crippen molar-refractivity contribution < 1.29 is 19.1 Å². The van der Waals surface area contributed by atoms with E-state index in [0.717, 1.165) is 22.4 Å². The van der Waals surface area contributed by atoms with Crippen molar-refractivity contribution >= 4 is 11.9 Å². The number of hydrogen-bond donors (Lipinski definition) is 1. The van der Waals surface area contributed by atoms with Gasteiger partial charge in [0.1, 0.15) is 12.2 Å². The predicted octanol–water partition coefficient (Wildman–Crippen LogP) is 1.49. The number of aryl methyl sites for hydroxylation is 2. The largest absolute Gasteiger partial charge is 0.496 e. The van der Waals surface area contributed by atoms with Crippen LogP contribution in [0.2, 0.25) is 0 Å². The molecule has 0 aromatic heterocycles. The van der Waals surface area contributed by atoms with Crippen molar-refractivity contribution in [3.63, 3.8) is 0 Å². The van der Waals surface area contributed by atoms with Crippen LogP contribution in [0.1, 0.15) is 23.1 Å². The molecule has 0 bridgehead atoms. The highest BCUT2D eigenvalue weighted by Gasteiger charge is 2.10. The molecule has 0 radical (unpaired) electrons. The van der Waals surface area contributed by atoms with Gasteiger partial charge in [-0.2, -0.15) is 0 Å². The van der Waals surface area contributed by atoms with Gasteiger partial charge in [0, 0.05) is 6.54 Å². The maximum atomic E-state index is 11.4. The average molecular weight is 265 g/mol. The molecule has 104 valence electrons. The highest BCUT2D eigenvalue weighted by atomic mass is 16.5. The molecule has 1 amide bonds. The Labute approximate surface area is 112 Å². The van der Waals surface area contributed by atoms with Crippen molar-refractivity contribution in [2.24, 2.45) is 0 Å². The number of nitrogens with one attached hydrogen (secondary N) is 1. The van der Waals surface area contributed by atoms with Crippen LogP contribution in [0, 0.1) is 13.8 Å². The van der Waals surface area contributed by atoms with Gasteiger partial charge >= 0.3 is 5.97 Å². The van der Waals surface area contributed by atoms with Crippen molar-refractivity contribution in [3.8, 4) is 5.75 Å². The third-order valence-electron chi connectivity index (χ3n) is 2.75. The van der Waals surface area contributed by atoms with E-state index in [2.05, 4.69) is 10.1 Å². The zero-order valence-corrected chi connectivity index (χ0v) is 11.7. The minimum Gasteiger partial charge on any atom is -0.496 e. The number of amides is 1. The summed E-state index contributed by atoms with van der Waals surface area (Å²) in [6.07, 6.45) is -0.259. The molecule has 1 rings (SSSR count).